The second-order valence-corrected chi connectivity index (χ2v) is 4.20. The summed E-state index contributed by atoms with van der Waals surface area (Å²) in [5.41, 5.74) is 0.00699. The van der Waals surface area contributed by atoms with Gasteiger partial charge in [-0.25, -0.2) is 9.78 Å². The highest BCUT2D eigenvalue weighted by molar-refractivity contribution is 5.85. The fourth-order valence-electron chi connectivity index (χ4n) is 1.38. The second-order valence-electron chi connectivity index (χ2n) is 4.20. The highest BCUT2D eigenvalue weighted by Gasteiger charge is 2.28. The Hall–Kier alpha value is -1.65. The quantitative estimate of drug-likeness (QED) is 0.841. The van der Waals surface area contributed by atoms with Crippen molar-refractivity contribution in [1.29, 1.82) is 0 Å². The molecule has 1 aliphatic carbocycles. The van der Waals surface area contributed by atoms with E-state index < -0.39 is 5.97 Å². The monoisotopic (exact) mass is 222 g/mol. The van der Waals surface area contributed by atoms with Crippen molar-refractivity contribution in [3.63, 3.8) is 0 Å². The molecule has 1 N–H and O–H groups in total. The maximum Gasteiger partial charge on any atom is 0.354 e. The summed E-state index contributed by atoms with van der Waals surface area (Å²) in [5, 5.41) is 8.92. The van der Waals surface area contributed by atoms with Crippen molar-refractivity contribution < 1.29 is 14.6 Å². The van der Waals surface area contributed by atoms with Crippen molar-refractivity contribution in [2.45, 2.75) is 38.7 Å². The minimum atomic E-state index is -1.04. The normalized spacial score (nSPS) is 15.2. The number of hydrogen-bond acceptors (Lipinski definition) is 4. The Kier molecular flexibility index (Phi) is 2.77. The van der Waals surface area contributed by atoms with E-state index in [1.54, 1.807) is 0 Å². The lowest BCUT2D eigenvalue weighted by Gasteiger charge is -2.10. The molecule has 1 fully saturated rings. The van der Waals surface area contributed by atoms with Crippen LogP contribution >= 0.6 is 0 Å². The summed E-state index contributed by atoms with van der Waals surface area (Å²) < 4.78 is 5.41. The van der Waals surface area contributed by atoms with E-state index in [0.717, 1.165) is 12.8 Å². The van der Waals surface area contributed by atoms with E-state index in [1.807, 2.05) is 13.8 Å². The molecule has 0 aliphatic heterocycles. The third-order valence-electron chi connectivity index (χ3n) is 2.24. The molecule has 0 spiro atoms. The Morgan fingerprint density at radius 1 is 1.50 bits per heavy atom. The molecule has 1 heterocycles. The Morgan fingerprint density at radius 3 is 2.69 bits per heavy atom. The molecule has 1 aromatic heterocycles. The molecule has 0 aromatic carbocycles. The molecule has 0 amide bonds. The second kappa shape index (κ2) is 4.08. The van der Waals surface area contributed by atoms with Crippen LogP contribution in [0.5, 0.6) is 5.88 Å². The predicted molar refractivity (Wildman–Crippen MR) is 56.7 cm³/mol. The van der Waals surface area contributed by atoms with Crippen LogP contribution in [0.1, 0.15) is 48.9 Å². The van der Waals surface area contributed by atoms with Crippen molar-refractivity contribution in [2.75, 3.05) is 0 Å². The Labute approximate surface area is 93.5 Å². The first-order valence-electron chi connectivity index (χ1n) is 5.35. The molecule has 0 atom stereocenters. The number of aromatic carboxylic acids is 1. The first kappa shape index (κ1) is 10.9. The van der Waals surface area contributed by atoms with Gasteiger partial charge in [0, 0.05) is 12.0 Å². The zero-order valence-electron chi connectivity index (χ0n) is 9.30. The first-order chi connectivity index (χ1) is 7.56. The van der Waals surface area contributed by atoms with Gasteiger partial charge in [0.25, 0.3) is 0 Å². The third-order valence-corrected chi connectivity index (χ3v) is 2.24. The van der Waals surface area contributed by atoms with Crippen LogP contribution < -0.4 is 4.74 Å². The number of carbonyl (C=O) groups is 1. The largest absolute Gasteiger partial charge is 0.477 e. The third kappa shape index (κ3) is 2.48. The average Bonchev–Trinajstić information content (AvgIpc) is 2.98. The summed E-state index contributed by atoms with van der Waals surface area (Å²) in [7, 11) is 0. The van der Waals surface area contributed by atoms with Crippen LogP contribution in [0, 0.1) is 0 Å². The SMILES string of the molecule is CC(C)Oc1cc(C(=O)O)nc(C2CC2)n1. The van der Waals surface area contributed by atoms with Crippen molar-refractivity contribution >= 4 is 5.97 Å². The summed E-state index contributed by atoms with van der Waals surface area (Å²) in [6.45, 7) is 3.75. The molecule has 1 saturated carbocycles. The molecule has 0 saturated heterocycles. The van der Waals surface area contributed by atoms with Crippen LogP contribution in [0.4, 0.5) is 0 Å². The van der Waals surface area contributed by atoms with Crippen LogP contribution in [-0.4, -0.2) is 27.1 Å². The van der Waals surface area contributed by atoms with E-state index in [-0.39, 0.29) is 11.8 Å². The van der Waals surface area contributed by atoms with Gasteiger partial charge < -0.3 is 9.84 Å². The molecule has 0 bridgehead atoms. The van der Waals surface area contributed by atoms with Gasteiger partial charge in [-0.15, -0.1) is 0 Å². The van der Waals surface area contributed by atoms with Gasteiger partial charge in [-0.2, -0.15) is 4.98 Å². The molecule has 0 unspecified atom stereocenters. The number of carboxylic acids is 1. The summed E-state index contributed by atoms with van der Waals surface area (Å²) in [5.74, 6) is 0.214. The molecule has 2 rings (SSSR count). The number of ether oxygens (including phenoxy) is 1. The number of aromatic nitrogens is 2. The molecule has 1 aliphatic rings. The lowest BCUT2D eigenvalue weighted by atomic mass is 10.3. The van der Waals surface area contributed by atoms with Crippen LogP contribution in [0.3, 0.4) is 0 Å². The smallest absolute Gasteiger partial charge is 0.354 e. The van der Waals surface area contributed by atoms with Gasteiger partial charge in [-0.1, -0.05) is 0 Å². The van der Waals surface area contributed by atoms with Gasteiger partial charge in [0.05, 0.1) is 6.10 Å². The summed E-state index contributed by atoms with van der Waals surface area (Å²) in [4.78, 5) is 19.1. The van der Waals surface area contributed by atoms with Gasteiger partial charge in [0.2, 0.25) is 5.88 Å². The molecular weight excluding hydrogens is 208 g/mol. The Bertz CT molecular complexity index is 414. The van der Waals surface area contributed by atoms with Crippen molar-refractivity contribution in [2.24, 2.45) is 0 Å². The molecule has 5 nitrogen and oxygen atoms in total. The molecular formula is C11H14N2O3. The molecule has 5 heteroatoms. The number of rotatable bonds is 4. The summed E-state index contributed by atoms with van der Waals surface area (Å²) >= 11 is 0. The van der Waals surface area contributed by atoms with Crippen molar-refractivity contribution in [3.05, 3.63) is 17.6 Å². The van der Waals surface area contributed by atoms with Crippen LogP contribution in [-0.2, 0) is 0 Å². The number of hydrogen-bond donors (Lipinski definition) is 1. The van der Waals surface area contributed by atoms with Crippen LogP contribution in [0.2, 0.25) is 0 Å². The Balaban J connectivity index is 2.32. The van der Waals surface area contributed by atoms with E-state index >= 15 is 0 Å². The fraction of sp³-hybridized carbons (Fsp3) is 0.545. The predicted octanol–water partition coefficient (Wildman–Crippen LogP) is 1.84. The van der Waals surface area contributed by atoms with E-state index in [1.165, 1.54) is 6.07 Å². The average molecular weight is 222 g/mol. The minimum Gasteiger partial charge on any atom is -0.477 e. The van der Waals surface area contributed by atoms with E-state index in [9.17, 15) is 4.79 Å². The number of carboxylic acid groups (broad SMARTS) is 1. The highest BCUT2D eigenvalue weighted by atomic mass is 16.5. The van der Waals surface area contributed by atoms with Gasteiger partial charge in [0.15, 0.2) is 5.69 Å². The van der Waals surface area contributed by atoms with Crippen molar-refractivity contribution in [3.8, 4) is 5.88 Å². The standard InChI is InChI=1S/C11H14N2O3/c1-6(2)16-9-5-8(11(14)15)12-10(13-9)7-3-4-7/h5-7H,3-4H2,1-2H3,(H,14,15). The molecule has 0 radical (unpaired) electrons. The van der Waals surface area contributed by atoms with E-state index in [4.69, 9.17) is 9.84 Å². The van der Waals surface area contributed by atoms with Crippen molar-refractivity contribution in [1.82, 2.24) is 9.97 Å². The van der Waals surface area contributed by atoms with Gasteiger partial charge in [-0.05, 0) is 26.7 Å². The van der Waals surface area contributed by atoms with E-state index in [0.29, 0.717) is 17.6 Å². The fourth-order valence-corrected chi connectivity index (χ4v) is 1.38. The van der Waals surface area contributed by atoms with Gasteiger partial charge in [0.1, 0.15) is 5.82 Å². The summed E-state index contributed by atoms with van der Waals surface area (Å²) in [6.07, 6.45) is 2.04. The lowest BCUT2D eigenvalue weighted by molar-refractivity contribution is 0.0688. The zero-order chi connectivity index (χ0) is 11.7. The zero-order valence-corrected chi connectivity index (χ0v) is 9.30. The molecule has 16 heavy (non-hydrogen) atoms. The van der Waals surface area contributed by atoms with Crippen LogP contribution in [0.15, 0.2) is 6.07 Å². The molecule has 1 aromatic rings. The van der Waals surface area contributed by atoms with Gasteiger partial charge >= 0.3 is 5.97 Å². The van der Waals surface area contributed by atoms with E-state index in [2.05, 4.69) is 9.97 Å². The minimum absolute atomic E-state index is 0.00699. The summed E-state index contributed by atoms with van der Waals surface area (Å²) in [6, 6.07) is 1.37. The first-order valence-corrected chi connectivity index (χ1v) is 5.35. The maximum absolute atomic E-state index is 10.9. The number of nitrogens with zero attached hydrogens (tertiary/aromatic N) is 2. The lowest BCUT2D eigenvalue weighted by Crippen LogP contribution is -2.11. The maximum atomic E-state index is 10.9. The van der Waals surface area contributed by atoms with Gasteiger partial charge in [-0.3, -0.25) is 0 Å². The Morgan fingerprint density at radius 2 is 2.19 bits per heavy atom. The topological polar surface area (TPSA) is 72.3 Å². The highest BCUT2D eigenvalue weighted by Crippen LogP contribution is 2.38. The molecule has 86 valence electrons. The van der Waals surface area contributed by atoms with Crippen LogP contribution in [0.25, 0.3) is 0 Å².